The second-order valence-electron chi connectivity index (χ2n) is 4.67. The molecule has 0 amide bonds. The minimum atomic E-state index is -0.421. The molecule has 0 aromatic heterocycles. The Hall–Kier alpha value is -0.160. The number of hydrogen-bond acceptors (Lipinski definition) is 4. The Labute approximate surface area is 106 Å². The van der Waals surface area contributed by atoms with Gasteiger partial charge in [-0.15, -0.1) is 0 Å². The van der Waals surface area contributed by atoms with Crippen LogP contribution >= 0.6 is 0 Å². The topological polar surface area (TPSA) is 50.7 Å². The van der Waals surface area contributed by atoms with Crippen molar-refractivity contribution in [1.82, 2.24) is 5.32 Å². The zero-order valence-corrected chi connectivity index (χ0v) is 11.6. The van der Waals surface area contributed by atoms with E-state index < -0.39 is 6.10 Å². The molecule has 17 heavy (non-hydrogen) atoms. The summed E-state index contributed by atoms with van der Waals surface area (Å²) in [5, 5.41) is 12.8. The fourth-order valence-corrected chi connectivity index (χ4v) is 1.44. The van der Waals surface area contributed by atoms with E-state index in [4.69, 9.17) is 9.47 Å². The first-order chi connectivity index (χ1) is 8.16. The Morgan fingerprint density at radius 1 is 1.18 bits per heavy atom. The van der Waals surface area contributed by atoms with Gasteiger partial charge in [-0.2, -0.15) is 0 Å². The van der Waals surface area contributed by atoms with E-state index in [9.17, 15) is 5.11 Å². The maximum atomic E-state index is 9.59. The molecule has 0 rings (SSSR count). The SMILES string of the molecule is CCOCCOCC(O)CNCCCC(C)C. The predicted molar refractivity (Wildman–Crippen MR) is 70.3 cm³/mol. The Bertz CT molecular complexity index is 154. The van der Waals surface area contributed by atoms with E-state index in [0.29, 0.717) is 33.0 Å². The van der Waals surface area contributed by atoms with Crippen LogP contribution < -0.4 is 5.32 Å². The highest BCUT2D eigenvalue weighted by Crippen LogP contribution is 2.01. The van der Waals surface area contributed by atoms with Crippen LogP contribution in [0.1, 0.15) is 33.6 Å². The van der Waals surface area contributed by atoms with Crippen LogP contribution in [-0.2, 0) is 9.47 Å². The molecule has 1 unspecified atom stereocenters. The summed E-state index contributed by atoms with van der Waals surface area (Å²) in [5.74, 6) is 0.753. The van der Waals surface area contributed by atoms with E-state index in [2.05, 4.69) is 19.2 Å². The zero-order chi connectivity index (χ0) is 12.9. The van der Waals surface area contributed by atoms with Crippen molar-refractivity contribution in [3.63, 3.8) is 0 Å². The first-order valence-corrected chi connectivity index (χ1v) is 6.71. The van der Waals surface area contributed by atoms with E-state index in [1.807, 2.05) is 6.92 Å². The van der Waals surface area contributed by atoms with Crippen LogP contribution in [0.5, 0.6) is 0 Å². The third-order valence-electron chi connectivity index (χ3n) is 2.40. The van der Waals surface area contributed by atoms with Gasteiger partial charge in [-0.3, -0.25) is 0 Å². The molecule has 2 N–H and O–H groups in total. The number of aliphatic hydroxyl groups excluding tert-OH is 1. The Balaban J connectivity index is 3.14. The van der Waals surface area contributed by atoms with Gasteiger partial charge in [0, 0.05) is 13.2 Å². The third kappa shape index (κ3) is 13.8. The van der Waals surface area contributed by atoms with Crippen molar-refractivity contribution in [3.05, 3.63) is 0 Å². The quantitative estimate of drug-likeness (QED) is 0.512. The smallest absolute Gasteiger partial charge is 0.0897 e. The molecule has 1 atom stereocenters. The van der Waals surface area contributed by atoms with Crippen LogP contribution in [0.2, 0.25) is 0 Å². The Kier molecular flexibility index (Phi) is 12.2. The summed E-state index contributed by atoms with van der Waals surface area (Å²) in [4.78, 5) is 0. The van der Waals surface area contributed by atoms with Crippen molar-refractivity contribution in [2.45, 2.75) is 39.7 Å². The van der Waals surface area contributed by atoms with Crippen LogP contribution in [0.15, 0.2) is 0 Å². The molecule has 4 nitrogen and oxygen atoms in total. The average Bonchev–Trinajstić information content (AvgIpc) is 2.28. The van der Waals surface area contributed by atoms with Crippen LogP contribution in [-0.4, -0.2) is 50.7 Å². The number of aliphatic hydroxyl groups is 1. The summed E-state index contributed by atoms with van der Waals surface area (Å²) in [6, 6.07) is 0. The van der Waals surface area contributed by atoms with Crippen molar-refractivity contribution in [2.75, 3.05) is 39.5 Å². The molecular formula is C13H29NO3. The van der Waals surface area contributed by atoms with Crippen molar-refractivity contribution in [2.24, 2.45) is 5.92 Å². The van der Waals surface area contributed by atoms with Gasteiger partial charge in [0.05, 0.1) is 25.9 Å². The minimum absolute atomic E-state index is 0.379. The van der Waals surface area contributed by atoms with Crippen LogP contribution in [0.4, 0.5) is 0 Å². The predicted octanol–water partition coefficient (Wildman–Crippen LogP) is 1.43. The summed E-state index contributed by atoms with van der Waals surface area (Å²) in [6.45, 7) is 10.2. The molecule has 0 radical (unpaired) electrons. The molecule has 0 saturated heterocycles. The second-order valence-corrected chi connectivity index (χ2v) is 4.67. The van der Waals surface area contributed by atoms with Gasteiger partial charge in [-0.1, -0.05) is 13.8 Å². The van der Waals surface area contributed by atoms with Gasteiger partial charge in [0.15, 0.2) is 0 Å². The van der Waals surface area contributed by atoms with Gasteiger partial charge >= 0.3 is 0 Å². The van der Waals surface area contributed by atoms with Crippen LogP contribution in [0.3, 0.4) is 0 Å². The molecule has 0 spiro atoms. The number of hydrogen-bond donors (Lipinski definition) is 2. The van der Waals surface area contributed by atoms with Crippen molar-refractivity contribution in [1.29, 1.82) is 0 Å². The Morgan fingerprint density at radius 3 is 2.53 bits per heavy atom. The fraction of sp³-hybridized carbons (Fsp3) is 1.00. The van der Waals surface area contributed by atoms with Crippen LogP contribution in [0, 0.1) is 5.92 Å². The monoisotopic (exact) mass is 247 g/mol. The highest BCUT2D eigenvalue weighted by Gasteiger charge is 2.03. The molecule has 0 heterocycles. The second kappa shape index (κ2) is 12.3. The molecule has 0 aliphatic rings. The molecule has 0 aromatic rings. The number of rotatable bonds is 12. The number of nitrogens with one attached hydrogen (secondary N) is 1. The van der Waals surface area contributed by atoms with Gasteiger partial charge in [-0.25, -0.2) is 0 Å². The van der Waals surface area contributed by atoms with E-state index in [1.54, 1.807) is 0 Å². The lowest BCUT2D eigenvalue weighted by atomic mass is 10.1. The summed E-state index contributed by atoms with van der Waals surface area (Å²) in [6.07, 6.45) is 1.97. The molecule has 4 heteroatoms. The van der Waals surface area contributed by atoms with Gasteiger partial charge in [0.25, 0.3) is 0 Å². The molecular weight excluding hydrogens is 218 g/mol. The molecule has 0 fully saturated rings. The maximum absolute atomic E-state index is 9.59. The maximum Gasteiger partial charge on any atom is 0.0897 e. The lowest BCUT2D eigenvalue weighted by Gasteiger charge is -2.12. The largest absolute Gasteiger partial charge is 0.389 e. The van der Waals surface area contributed by atoms with E-state index in [1.165, 1.54) is 6.42 Å². The molecule has 0 bridgehead atoms. The van der Waals surface area contributed by atoms with Gasteiger partial charge < -0.3 is 19.9 Å². The zero-order valence-electron chi connectivity index (χ0n) is 11.6. The summed E-state index contributed by atoms with van der Waals surface area (Å²) in [5.41, 5.74) is 0. The highest BCUT2D eigenvalue weighted by atomic mass is 16.5. The fourth-order valence-electron chi connectivity index (χ4n) is 1.44. The summed E-state index contributed by atoms with van der Waals surface area (Å²) >= 11 is 0. The van der Waals surface area contributed by atoms with Gasteiger partial charge in [0.2, 0.25) is 0 Å². The first kappa shape index (κ1) is 16.8. The molecule has 0 saturated carbocycles. The summed E-state index contributed by atoms with van der Waals surface area (Å²) in [7, 11) is 0. The van der Waals surface area contributed by atoms with Gasteiger partial charge in [-0.05, 0) is 32.2 Å². The number of ether oxygens (including phenoxy) is 2. The first-order valence-electron chi connectivity index (χ1n) is 6.71. The standard InChI is InChI=1S/C13H29NO3/c1-4-16-8-9-17-11-13(15)10-14-7-5-6-12(2)3/h12-15H,4-11H2,1-3H3. The van der Waals surface area contributed by atoms with Gasteiger partial charge in [0.1, 0.15) is 0 Å². The summed E-state index contributed by atoms with van der Waals surface area (Å²) < 4.78 is 10.4. The van der Waals surface area contributed by atoms with Crippen molar-refractivity contribution >= 4 is 0 Å². The highest BCUT2D eigenvalue weighted by molar-refractivity contribution is 4.59. The lowest BCUT2D eigenvalue weighted by molar-refractivity contribution is 0.00654. The van der Waals surface area contributed by atoms with E-state index in [-0.39, 0.29) is 0 Å². The normalized spacial score (nSPS) is 13.2. The van der Waals surface area contributed by atoms with Crippen LogP contribution in [0.25, 0.3) is 0 Å². The molecule has 104 valence electrons. The van der Waals surface area contributed by atoms with E-state index >= 15 is 0 Å². The molecule has 0 aliphatic heterocycles. The van der Waals surface area contributed by atoms with Crippen molar-refractivity contribution in [3.8, 4) is 0 Å². The minimum Gasteiger partial charge on any atom is -0.389 e. The third-order valence-corrected chi connectivity index (χ3v) is 2.40. The van der Waals surface area contributed by atoms with E-state index in [0.717, 1.165) is 18.9 Å². The molecule has 0 aromatic carbocycles. The van der Waals surface area contributed by atoms with Crippen molar-refractivity contribution < 1.29 is 14.6 Å². The average molecular weight is 247 g/mol. The Morgan fingerprint density at radius 2 is 1.88 bits per heavy atom. The lowest BCUT2D eigenvalue weighted by Crippen LogP contribution is -2.31. The molecule has 0 aliphatic carbocycles.